The van der Waals surface area contributed by atoms with Crippen molar-refractivity contribution in [2.24, 2.45) is 5.41 Å². The van der Waals surface area contributed by atoms with Gasteiger partial charge in [-0.2, -0.15) is 5.10 Å². The van der Waals surface area contributed by atoms with Crippen molar-refractivity contribution in [1.29, 1.82) is 0 Å². The van der Waals surface area contributed by atoms with Gasteiger partial charge in [-0.05, 0) is 96.8 Å². The van der Waals surface area contributed by atoms with Gasteiger partial charge < -0.3 is 15.2 Å². The number of nitrogens with zero attached hydrogens (tertiary/aromatic N) is 7. The molecule has 0 spiro atoms. The average molecular weight is 942 g/mol. The Hall–Kier alpha value is -5.86. The SMILES string of the molecule is CC1(C)CCC(CN2CCN(c3ccc(C(=O)NS(=O)(=O)c4ccc(N[C@H]5CCN(S(C)(=O)=O)C5)c([N+](=O)[O-])c4)c(-n4ncc5nc6[nH]ccc6cc54)c3)CC2)=C(c2ccc(Cl)cc2)C1. The number of amides is 1. The van der Waals surface area contributed by atoms with E-state index in [2.05, 4.69) is 60.9 Å². The number of benzene rings is 3. The van der Waals surface area contributed by atoms with Crippen molar-refractivity contribution in [2.45, 2.75) is 50.5 Å². The first kappa shape index (κ1) is 44.3. The average Bonchev–Trinajstić information content (AvgIpc) is 4.04. The van der Waals surface area contributed by atoms with Gasteiger partial charge in [0.05, 0.1) is 39.0 Å². The predicted molar refractivity (Wildman–Crippen MR) is 252 cm³/mol. The van der Waals surface area contributed by atoms with E-state index < -0.39 is 47.5 Å². The number of nitrogens with one attached hydrogen (secondary N) is 3. The number of piperazine rings is 1. The van der Waals surface area contributed by atoms with E-state index in [1.165, 1.54) is 27.1 Å². The zero-order valence-electron chi connectivity index (χ0n) is 36.1. The number of hydrogen-bond acceptors (Lipinski definition) is 12. The summed E-state index contributed by atoms with van der Waals surface area (Å²) in [5, 5.41) is 21.4. The molecule has 9 rings (SSSR count). The molecule has 0 bridgehead atoms. The van der Waals surface area contributed by atoms with E-state index in [1.807, 2.05) is 30.3 Å². The van der Waals surface area contributed by atoms with Gasteiger partial charge in [0.15, 0.2) is 0 Å². The highest BCUT2D eigenvalue weighted by molar-refractivity contribution is 7.90. The second kappa shape index (κ2) is 17.2. The summed E-state index contributed by atoms with van der Waals surface area (Å²) in [5.74, 6) is -0.965. The number of carbonyl (C=O) groups is 1. The molecular weight excluding hydrogens is 892 g/mol. The topological polar surface area (TPSA) is 209 Å². The Labute approximate surface area is 381 Å². The van der Waals surface area contributed by atoms with Crippen molar-refractivity contribution in [1.82, 2.24) is 33.7 Å². The minimum atomic E-state index is -4.66. The standard InChI is InChI=1S/C45H49ClN10O7S2/c1-45(2)15-12-31(37(25-45)29-4-6-32(46)7-5-29)27-52-18-20-53(21-19-52)34-8-10-36(40(23-34)55-41-22-30-13-16-47-43(30)50-39(41)26-48-55)44(57)51-65(62,63)35-9-11-38(42(24-35)56(58)59)49-33-14-17-54(28-33)64(3,60)61/h4-11,13,16,22-24,26,33,49H,12,14-15,17-21,25,27-28H2,1-3H3,(H,47,50)(H,51,57)/t33-/m0/s1. The molecular formula is C45H49ClN10O7S2. The van der Waals surface area contributed by atoms with Crippen LogP contribution in [0.15, 0.2) is 95.7 Å². The molecule has 2 fully saturated rings. The first-order chi connectivity index (χ1) is 30.9. The molecule has 65 heavy (non-hydrogen) atoms. The molecule has 3 aromatic carbocycles. The van der Waals surface area contributed by atoms with Crippen LogP contribution in [0.1, 0.15) is 55.5 Å². The number of carbonyl (C=O) groups excluding carboxylic acids is 1. The molecule has 3 N–H and O–H groups in total. The largest absolute Gasteiger partial charge is 0.375 e. The molecule has 1 atom stereocenters. The number of sulfonamides is 2. The molecule has 6 aromatic rings. The number of anilines is 2. The monoisotopic (exact) mass is 940 g/mol. The first-order valence-corrected chi connectivity index (χ1v) is 25.1. The number of pyridine rings is 1. The van der Waals surface area contributed by atoms with Crippen molar-refractivity contribution in [3.05, 3.63) is 117 Å². The Kier molecular flexibility index (Phi) is 11.7. The number of fused-ring (bicyclic) bond motifs is 2. The summed E-state index contributed by atoms with van der Waals surface area (Å²) in [6.07, 6.45) is 8.00. The van der Waals surface area contributed by atoms with E-state index in [9.17, 15) is 31.7 Å². The fraction of sp³-hybridized carbons (Fsp3) is 0.356. The fourth-order valence-electron chi connectivity index (χ4n) is 9.15. The Morgan fingerprint density at radius 1 is 0.985 bits per heavy atom. The van der Waals surface area contributed by atoms with Gasteiger partial charge in [-0.15, -0.1) is 0 Å². The molecule has 0 unspecified atom stereocenters. The van der Waals surface area contributed by atoms with Crippen molar-refractivity contribution < 1.29 is 26.6 Å². The Balaban J connectivity index is 0.978. The highest BCUT2D eigenvalue weighted by atomic mass is 35.5. The second-order valence-electron chi connectivity index (χ2n) is 17.9. The van der Waals surface area contributed by atoms with E-state index in [0.29, 0.717) is 41.9 Å². The van der Waals surface area contributed by atoms with Crippen LogP contribution in [-0.4, -0.2) is 115 Å². The van der Waals surface area contributed by atoms with Crippen LogP contribution in [0, 0.1) is 15.5 Å². The third kappa shape index (κ3) is 9.33. The normalized spacial score (nSPS) is 18.7. The lowest BCUT2D eigenvalue weighted by molar-refractivity contribution is -0.384. The van der Waals surface area contributed by atoms with Crippen LogP contribution in [0.2, 0.25) is 5.02 Å². The number of hydrogen-bond donors (Lipinski definition) is 3. The highest BCUT2D eigenvalue weighted by Crippen LogP contribution is 2.43. The Morgan fingerprint density at radius 2 is 1.75 bits per heavy atom. The van der Waals surface area contributed by atoms with E-state index in [-0.39, 0.29) is 29.8 Å². The van der Waals surface area contributed by atoms with E-state index in [1.54, 1.807) is 29.2 Å². The molecule has 3 aromatic heterocycles. The van der Waals surface area contributed by atoms with E-state index >= 15 is 0 Å². The molecule has 2 aliphatic heterocycles. The van der Waals surface area contributed by atoms with Gasteiger partial charge in [-0.3, -0.25) is 19.8 Å². The molecule has 0 radical (unpaired) electrons. The Bertz CT molecular complexity index is 3110. The number of halogens is 1. The number of nitro benzene ring substituents is 1. The van der Waals surface area contributed by atoms with Crippen LogP contribution in [0.4, 0.5) is 17.1 Å². The number of aromatic amines is 1. The van der Waals surface area contributed by atoms with Gasteiger partial charge in [0.2, 0.25) is 10.0 Å². The lowest BCUT2D eigenvalue weighted by atomic mass is 9.72. The number of H-pyrrole nitrogens is 1. The Morgan fingerprint density at radius 3 is 2.48 bits per heavy atom. The number of rotatable bonds is 12. The predicted octanol–water partition coefficient (Wildman–Crippen LogP) is 6.81. The zero-order valence-corrected chi connectivity index (χ0v) is 38.5. The molecule has 5 heterocycles. The van der Waals surface area contributed by atoms with Crippen LogP contribution < -0.4 is 14.9 Å². The van der Waals surface area contributed by atoms with E-state index in [4.69, 9.17) is 11.6 Å². The maximum Gasteiger partial charge on any atom is 0.293 e. The van der Waals surface area contributed by atoms with Crippen molar-refractivity contribution in [3.8, 4) is 5.69 Å². The molecule has 17 nitrogen and oxygen atoms in total. The van der Waals surface area contributed by atoms with Crippen LogP contribution >= 0.6 is 11.6 Å². The summed E-state index contributed by atoms with van der Waals surface area (Å²) in [5.41, 5.74) is 6.71. The summed E-state index contributed by atoms with van der Waals surface area (Å²) in [7, 11) is -8.11. The lowest BCUT2D eigenvalue weighted by Gasteiger charge is -2.39. The van der Waals surface area contributed by atoms with Crippen molar-refractivity contribution >= 4 is 82.3 Å². The van der Waals surface area contributed by atoms with Gasteiger partial charge in [-0.1, -0.05) is 43.2 Å². The van der Waals surface area contributed by atoms with Crippen LogP contribution in [-0.2, 0) is 20.0 Å². The highest BCUT2D eigenvalue weighted by Gasteiger charge is 2.33. The minimum Gasteiger partial charge on any atom is -0.375 e. The van der Waals surface area contributed by atoms with Gasteiger partial charge in [-0.25, -0.2) is 35.5 Å². The smallest absolute Gasteiger partial charge is 0.293 e. The third-order valence-electron chi connectivity index (χ3n) is 12.7. The molecule has 2 saturated heterocycles. The summed E-state index contributed by atoms with van der Waals surface area (Å²) in [6, 6.07) is 20.0. The molecule has 1 amide bonds. The number of nitro groups is 1. The van der Waals surface area contributed by atoms with Crippen LogP contribution in [0.25, 0.3) is 33.3 Å². The van der Waals surface area contributed by atoms with E-state index in [0.717, 1.165) is 73.4 Å². The second-order valence-corrected chi connectivity index (χ2v) is 22.0. The van der Waals surface area contributed by atoms with Crippen LogP contribution in [0.5, 0.6) is 0 Å². The van der Waals surface area contributed by atoms with Gasteiger partial charge in [0.1, 0.15) is 16.9 Å². The third-order valence-corrected chi connectivity index (χ3v) is 15.6. The summed E-state index contributed by atoms with van der Waals surface area (Å²) < 4.78 is 56.7. The van der Waals surface area contributed by atoms with Crippen LogP contribution in [0.3, 0.4) is 0 Å². The lowest BCUT2D eigenvalue weighted by Crippen LogP contribution is -2.47. The number of allylic oxidation sites excluding steroid dienone is 1. The first-order valence-electron chi connectivity index (χ1n) is 21.4. The fourth-order valence-corrected chi connectivity index (χ4v) is 11.2. The summed E-state index contributed by atoms with van der Waals surface area (Å²) in [6.45, 7) is 8.89. The molecule has 0 saturated carbocycles. The maximum absolute atomic E-state index is 14.2. The quantitative estimate of drug-likeness (QED) is 0.0854. The number of aromatic nitrogens is 4. The van der Waals surface area contributed by atoms with Gasteiger partial charge in [0, 0.05) is 80.2 Å². The molecule has 3 aliphatic rings. The van der Waals surface area contributed by atoms with Crippen molar-refractivity contribution in [3.63, 3.8) is 0 Å². The van der Waals surface area contributed by atoms with Gasteiger partial charge in [0.25, 0.3) is 21.6 Å². The molecule has 20 heteroatoms. The zero-order chi connectivity index (χ0) is 45.8. The minimum absolute atomic E-state index is 0.00136. The summed E-state index contributed by atoms with van der Waals surface area (Å²) >= 11 is 6.25. The molecule has 340 valence electrons. The molecule has 1 aliphatic carbocycles. The summed E-state index contributed by atoms with van der Waals surface area (Å²) in [4.78, 5) is 37.7. The van der Waals surface area contributed by atoms with Crippen molar-refractivity contribution in [2.75, 3.05) is 62.3 Å². The maximum atomic E-state index is 14.2. The van der Waals surface area contributed by atoms with Gasteiger partial charge >= 0.3 is 0 Å².